The Morgan fingerprint density at radius 1 is 0.304 bits per heavy atom. The predicted molar refractivity (Wildman–Crippen MR) is 237 cm³/mol. The molecule has 2 heteroatoms. The van der Waals surface area contributed by atoms with Crippen LogP contribution in [0, 0.1) is 0 Å². The Labute approximate surface area is 325 Å². The number of hydrogen-bond acceptors (Lipinski definition) is 2. The quantitative estimate of drug-likeness (QED) is 0.160. The lowest BCUT2D eigenvalue weighted by Gasteiger charge is -2.28. The molecule has 0 aliphatic heterocycles. The van der Waals surface area contributed by atoms with Crippen molar-refractivity contribution >= 4 is 71.3 Å². The first-order valence-electron chi connectivity index (χ1n) is 19.2. The molecule has 0 aliphatic carbocycles. The van der Waals surface area contributed by atoms with E-state index in [-0.39, 0.29) is 0 Å². The molecule has 0 bridgehead atoms. The molecule has 2 nitrogen and oxygen atoms in total. The molecule has 262 valence electrons. The smallest absolute Gasteiger partial charge is 0.143 e. The zero-order valence-corrected chi connectivity index (χ0v) is 30.6. The van der Waals surface area contributed by atoms with E-state index in [1.807, 2.05) is 0 Å². The van der Waals surface area contributed by atoms with Crippen LogP contribution in [0.15, 0.2) is 217 Å². The van der Waals surface area contributed by atoms with E-state index in [9.17, 15) is 0 Å². The van der Waals surface area contributed by atoms with Gasteiger partial charge in [-0.1, -0.05) is 170 Å². The summed E-state index contributed by atoms with van der Waals surface area (Å²) in [7, 11) is 0. The maximum atomic E-state index is 6.88. The third-order valence-electron chi connectivity index (χ3n) is 11.2. The summed E-state index contributed by atoms with van der Waals surface area (Å²) in [4.78, 5) is 2.41. The third-order valence-corrected chi connectivity index (χ3v) is 11.2. The average Bonchev–Trinajstić information content (AvgIpc) is 3.64. The molecule has 0 saturated carbocycles. The van der Waals surface area contributed by atoms with Gasteiger partial charge >= 0.3 is 0 Å². The van der Waals surface area contributed by atoms with Crippen molar-refractivity contribution in [1.82, 2.24) is 0 Å². The standard InChI is InChI=1S/C54H35NO/c1-3-13-36(14-4-1)38-23-25-40(26-24-38)53-46-20-10-8-17-41(46)33-50-49-35-44(31-32-52(49)56-54(50)53)55(43-29-27-39(28-30-43)37-15-5-2-6-16-37)51-34-42-18-7-9-19-45(42)47-21-11-12-22-48(47)51/h1-35H. The van der Waals surface area contributed by atoms with Gasteiger partial charge in [0.25, 0.3) is 0 Å². The van der Waals surface area contributed by atoms with Gasteiger partial charge in [-0.3, -0.25) is 0 Å². The largest absolute Gasteiger partial charge is 0.455 e. The second kappa shape index (κ2) is 13.2. The van der Waals surface area contributed by atoms with Crippen molar-refractivity contribution in [1.29, 1.82) is 0 Å². The summed E-state index contributed by atoms with van der Waals surface area (Å²) in [6, 6.07) is 76.4. The first-order valence-corrected chi connectivity index (χ1v) is 19.2. The van der Waals surface area contributed by atoms with E-state index in [0.717, 1.165) is 50.1 Å². The van der Waals surface area contributed by atoms with E-state index in [1.54, 1.807) is 0 Å². The van der Waals surface area contributed by atoms with Gasteiger partial charge in [-0.05, 0) is 97.2 Å². The molecule has 0 N–H and O–H groups in total. The number of furan rings is 1. The second-order valence-electron chi connectivity index (χ2n) is 14.5. The molecule has 1 heterocycles. The number of fused-ring (bicyclic) bond motifs is 7. The molecule has 10 aromatic carbocycles. The van der Waals surface area contributed by atoms with Crippen molar-refractivity contribution in [3.8, 4) is 33.4 Å². The van der Waals surface area contributed by atoms with Crippen LogP contribution in [0.2, 0.25) is 0 Å². The van der Waals surface area contributed by atoms with Crippen LogP contribution in [0.4, 0.5) is 17.1 Å². The highest BCUT2D eigenvalue weighted by Crippen LogP contribution is 2.46. The van der Waals surface area contributed by atoms with Crippen LogP contribution in [0.3, 0.4) is 0 Å². The molecule has 0 radical (unpaired) electrons. The number of hydrogen-bond donors (Lipinski definition) is 0. The fourth-order valence-corrected chi connectivity index (χ4v) is 8.53. The maximum Gasteiger partial charge on any atom is 0.143 e. The molecule has 56 heavy (non-hydrogen) atoms. The fraction of sp³-hybridized carbons (Fsp3) is 0. The van der Waals surface area contributed by atoms with Gasteiger partial charge in [-0.25, -0.2) is 0 Å². The summed E-state index contributed by atoms with van der Waals surface area (Å²) >= 11 is 0. The van der Waals surface area contributed by atoms with Gasteiger partial charge in [0.1, 0.15) is 11.2 Å². The molecule has 0 spiro atoms. The Hall–Kier alpha value is -7.42. The highest BCUT2D eigenvalue weighted by Gasteiger charge is 2.21. The summed E-state index contributed by atoms with van der Waals surface area (Å²) in [6.07, 6.45) is 0. The van der Waals surface area contributed by atoms with Crippen molar-refractivity contribution in [2.45, 2.75) is 0 Å². The van der Waals surface area contributed by atoms with Gasteiger partial charge in [0, 0.05) is 33.1 Å². The summed E-state index contributed by atoms with van der Waals surface area (Å²) in [6.45, 7) is 0. The SMILES string of the molecule is c1ccc(-c2ccc(-c3c4ccccc4cc4c3oc3ccc(N(c5ccc(-c6ccccc6)cc5)c5cc6ccccc6c6ccccc56)cc34)cc2)cc1. The van der Waals surface area contributed by atoms with Crippen LogP contribution >= 0.6 is 0 Å². The van der Waals surface area contributed by atoms with Crippen molar-refractivity contribution in [2.75, 3.05) is 4.90 Å². The normalized spacial score (nSPS) is 11.6. The minimum Gasteiger partial charge on any atom is -0.455 e. The van der Waals surface area contributed by atoms with E-state index >= 15 is 0 Å². The highest BCUT2D eigenvalue weighted by atomic mass is 16.3. The lowest BCUT2D eigenvalue weighted by atomic mass is 9.94. The van der Waals surface area contributed by atoms with Crippen LogP contribution in [-0.4, -0.2) is 0 Å². The van der Waals surface area contributed by atoms with Crippen LogP contribution in [0.25, 0.3) is 87.6 Å². The minimum atomic E-state index is 0.865. The van der Waals surface area contributed by atoms with Gasteiger partial charge in [0.15, 0.2) is 0 Å². The van der Waals surface area contributed by atoms with E-state index in [0.29, 0.717) is 0 Å². The molecule has 11 rings (SSSR count). The van der Waals surface area contributed by atoms with Gasteiger partial charge in [0.05, 0.1) is 5.69 Å². The summed E-state index contributed by atoms with van der Waals surface area (Å²) in [5.41, 5.74) is 12.1. The minimum absolute atomic E-state index is 0.865. The van der Waals surface area contributed by atoms with Crippen molar-refractivity contribution in [2.24, 2.45) is 0 Å². The van der Waals surface area contributed by atoms with Gasteiger partial charge < -0.3 is 9.32 Å². The fourth-order valence-electron chi connectivity index (χ4n) is 8.53. The van der Waals surface area contributed by atoms with Gasteiger partial charge in [-0.2, -0.15) is 0 Å². The number of nitrogens with zero attached hydrogens (tertiary/aromatic N) is 1. The number of anilines is 3. The first-order chi connectivity index (χ1) is 27.8. The van der Waals surface area contributed by atoms with E-state index < -0.39 is 0 Å². The predicted octanol–water partition coefficient (Wildman–Crippen LogP) is 15.5. The Morgan fingerprint density at radius 2 is 0.804 bits per heavy atom. The molecule has 0 unspecified atom stereocenters. The van der Waals surface area contributed by atoms with E-state index in [2.05, 4.69) is 217 Å². The summed E-state index contributed by atoms with van der Waals surface area (Å²) < 4.78 is 6.88. The highest BCUT2D eigenvalue weighted by molar-refractivity contribution is 6.19. The van der Waals surface area contributed by atoms with Gasteiger partial charge in [-0.15, -0.1) is 0 Å². The van der Waals surface area contributed by atoms with E-state index in [1.165, 1.54) is 54.6 Å². The Kier molecular flexibility index (Phi) is 7.53. The maximum absolute atomic E-state index is 6.88. The summed E-state index contributed by atoms with van der Waals surface area (Å²) in [5, 5.41) is 9.43. The van der Waals surface area contributed by atoms with Crippen molar-refractivity contribution in [3.05, 3.63) is 212 Å². The van der Waals surface area contributed by atoms with Gasteiger partial charge in [0.2, 0.25) is 0 Å². The van der Waals surface area contributed by atoms with Crippen LogP contribution in [0.1, 0.15) is 0 Å². The molecule has 0 aliphatic rings. The zero-order chi connectivity index (χ0) is 37.0. The third kappa shape index (κ3) is 5.34. The van der Waals surface area contributed by atoms with Crippen LogP contribution < -0.4 is 4.90 Å². The van der Waals surface area contributed by atoms with E-state index in [4.69, 9.17) is 4.42 Å². The molecule has 0 atom stereocenters. The monoisotopic (exact) mass is 713 g/mol. The Morgan fingerprint density at radius 3 is 1.48 bits per heavy atom. The molecule has 0 fully saturated rings. The molecule has 0 amide bonds. The molecular formula is C54H35NO. The first kappa shape index (κ1) is 32.0. The lowest BCUT2D eigenvalue weighted by Crippen LogP contribution is -2.10. The molecular weight excluding hydrogens is 679 g/mol. The summed E-state index contributed by atoms with van der Waals surface area (Å²) in [5.74, 6) is 0. The lowest BCUT2D eigenvalue weighted by molar-refractivity contribution is 0.670. The molecule has 0 saturated heterocycles. The molecule has 1 aromatic heterocycles. The molecule has 11 aromatic rings. The number of rotatable bonds is 6. The van der Waals surface area contributed by atoms with Crippen molar-refractivity contribution in [3.63, 3.8) is 0 Å². The van der Waals surface area contributed by atoms with Crippen molar-refractivity contribution < 1.29 is 4.42 Å². The Balaban J connectivity index is 1.13. The second-order valence-corrected chi connectivity index (χ2v) is 14.5. The average molecular weight is 714 g/mol. The topological polar surface area (TPSA) is 16.4 Å². The zero-order valence-electron chi connectivity index (χ0n) is 30.6. The Bertz CT molecular complexity index is 3220. The van der Waals surface area contributed by atoms with Crippen LogP contribution in [-0.2, 0) is 0 Å². The number of benzene rings is 10. The van der Waals surface area contributed by atoms with Crippen LogP contribution in [0.5, 0.6) is 0 Å².